The fraction of sp³-hybridized carbons (Fsp3) is 0.350. The molecule has 7 nitrogen and oxygen atoms in total. The minimum atomic E-state index is -0.939. The van der Waals surface area contributed by atoms with Gasteiger partial charge in [-0.05, 0) is 36.4 Å². The Hall–Kier alpha value is -2.91. The average molecular weight is 410 g/mol. The van der Waals surface area contributed by atoms with Crippen molar-refractivity contribution in [2.24, 2.45) is 0 Å². The number of rotatable bonds is 12. The van der Waals surface area contributed by atoms with Gasteiger partial charge in [0, 0.05) is 20.1 Å². The van der Waals surface area contributed by atoms with Crippen molar-refractivity contribution in [1.29, 1.82) is 0 Å². The Balaban J connectivity index is 1.60. The lowest BCUT2D eigenvalue weighted by Crippen LogP contribution is -2.33. The summed E-state index contributed by atoms with van der Waals surface area (Å²) in [7, 11) is 1.53. The molecule has 0 radical (unpaired) electrons. The van der Waals surface area contributed by atoms with E-state index in [0.29, 0.717) is 24.7 Å². The maximum Gasteiger partial charge on any atom is 0.257 e. The number of aliphatic hydroxyl groups is 1. The van der Waals surface area contributed by atoms with Crippen LogP contribution in [0.3, 0.4) is 0 Å². The molecule has 1 amide bonds. The second-order valence-electron chi connectivity index (χ2n) is 6.00. The molecule has 3 N–H and O–H groups in total. The zero-order valence-corrected chi connectivity index (χ0v) is 16.0. The first-order valence-corrected chi connectivity index (χ1v) is 9.01. The molecule has 0 aliphatic rings. The largest absolute Gasteiger partial charge is 0.492 e. The summed E-state index contributed by atoms with van der Waals surface area (Å²) < 4.78 is 42.7. The highest BCUT2D eigenvalue weighted by Gasteiger charge is 2.12. The number of carbonyl (C=O) groups excluding carboxylic acids is 1. The van der Waals surface area contributed by atoms with Gasteiger partial charge in [-0.3, -0.25) is 4.79 Å². The minimum absolute atomic E-state index is 0.0593. The third-order valence-corrected chi connectivity index (χ3v) is 3.74. The summed E-state index contributed by atoms with van der Waals surface area (Å²) in [5, 5.41) is 15.3. The number of ether oxygens (including phenoxy) is 3. The number of benzene rings is 2. The Labute approximate surface area is 167 Å². The van der Waals surface area contributed by atoms with Gasteiger partial charge in [0.25, 0.3) is 5.91 Å². The molecule has 0 aliphatic carbocycles. The second kappa shape index (κ2) is 11.8. The number of hydrogen-bond acceptors (Lipinski definition) is 6. The maximum atomic E-state index is 13.4. The summed E-state index contributed by atoms with van der Waals surface area (Å²) in [5.41, 5.74) is 0. The van der Waals surface area contributed by atoms with Crippen LogP contribution in [0.4, 0.5) is 8.78 Å². The van der Waals surface area contributed by atoms with Gasteiger partial charge in [0.1, 0.15) is 30.8 Å². The van der Waals surface area contributed by atoms with Crippen LogP contribution in [-0.4, -0.2) is 57.1 Å². The zero-order valence-electron chi connectivity index (χ0n) is 16.0. The third kappa shape index (κ3) is 7.92. The molecule has 2 aromatic carbocycles. The Kier molecular flexibility index (Phi) is 9.13. The van der Waals surface area contributed by atoms with E-state index in [1.807, 2.05) is 0 Å². The highest BCUT2D eigenvalue weighted by Crippen LogP contribution is 2.21. The Bertz CT molecular complexity index is 754. The van der Waals surface area contributed by atoms with E-state index in [9.17, 15) is 18.7 Å². The normalized spacial score (nSPS) is 11.6. The van der Waals surface area contributed by atoms with Crippen molar-refractivity contribution in [3.63, 3.8) is 0 Å². The van der Waals surface area contributed by atoms with Crippen LogP contribution in [0.5, 0.6) is 17.2 Å². The van der Waals surface area contributed by atoms with Gasteiger partial charge in [-0.1, -0.05) is 6.07 Å². The molecule has 1 unspecified atom stereocenters. The van der Waals surface area contributed by atoms with E-state index < -0.39 is 23.5 Å². The number of para-hydroxylation sites is 1. The number of carbonyl (C=O) groups is 1. The number of amides is 1. The van der Waals surface area contributed by atoms with Crippen LogP contribution in [0, 0.1) is 11.6 Å². The highest BCUT2D eigenvalue weighted by molar-refractivity contribution is 5.77. The maximum absolute atomic E-state index is 13.4. The third-order valence-electron chi connectivity index (χ3n) is 3.74. The van der Waals surface area contributed by atoms with Gasteiger partial charge in [0.2, 0.25) is 0 Å². The molecule has 9 heteroatoms. The lowest BCUT2D eigenvalue weighted by Gasteiger charge is -2.14. The van der Waals surface area contributed by atoms with Crippen LogP contribution >= 0.6 is 0 Å². The van der Waals surface area contributed by atoms with E-state index in [0.717, 1.165) is 12.1 Å². The second-order valence-corrected chi connectivity index (χ2v) is 6.00. The summed E-state index contributed by atoms with van der Waals surface area (Å²) in [6.45, 7) is 0.652. The number of halogens is 2. The summed E-state index contributed by atoms with van der Waals surface area (Å²) in [4.78, 5) is 11.1. The molecule has 29 heavy (non-hydrogen) atoms. The smallest absolute Gasteiger partial charge is 0.257 e. The summed E-state index contributed by atoms with van der Waals surface area (Å²) in [6.07, 6.45) is -0.939. The van der Waals surface area contributed by atoms with E-state index >= 15 is 0 Å². The van der Waals surface area contributed by atoms with Crippen molar-refractivity contribution in [2.75, 3.05) is 40.0 Å². The number of nitrogens with one attached hydrogen (secondary N) is 2. The van der Waals surface area contributed by atoms with Crippen molar-refractivity contribution in [3.8, 4) is 17.2 Å². The standard InChI is InChI=1S/C20H24F2N2O5/c1-23-19(26)13-28-16-7-5-15(6-8-16)27-10-9-24-11-14(25)12-29-20-17(21)3-2-4-18(20)22/h2-8,14,24-25H,9-13H2,1H3,(H,23,26). The first kappa shape index (κ1) is 22.4. The Morgan fingerprint density at radius 2 is 1.66 bits per heavy atom. The predicted molar refractivity (Wildman–Crippen MR) is 102 cm³/mol. The Morgan fingerprint density at radius 3 is 2.28 bits per heavy atom. The summed E-state index contributed by atoms with van der Waals surface area (Å²) >= 11 is 0. The van der Waals surface area contributed by atoms with Gasteiger partial charge in [-0.25, -0.2) is 8.78 Å². The molecule has 0 aliphatic heterocycles. The lowest BCUT2D eigenvalue weighted by molar-refractivity contribution is -0.122. The fourth-order valence-electron chi connectivity index (χ4n) is 2.22. The van der Waals surface area contributed by atoms with E-state index in [2.05, 4.69) is 10.6 Å². The lowest BCUT2D eigenvalue weighted by atomic mass is 10.3. The van der Waals surface area contributed by atoms with Crippen molar-refractivity contribution < 1.29 is 32.9 Å². The molecule has 158 valence electrons. The highest BCUT2D eigenvalue weighted by atomic mass is 19.1. The van der Waals surface area contributed by atoms with Gasteiger partial charge in [-0.2, -0.15) is 0 Å². The summed E-state index contributed by atoms with van der Waals surface area (Å²) in [5.74, 6) is -1.18. The zero-order chi connectivity index (χ0) is 21.1. The average Bonchev–Trinajstić information content (AvgIpc) is 2.72. The van der Waals surface area contributed by atoms with Gasteiger partial charge >= 0.3 is 0 Å². The predicted octanol–water partition coefficient (Wildman–Crippen LogP) is 1.50. The van der Waals surface area contributed by atoms with Crippen LogP contribution < -0.4 is 24.8 Å². The monoisotopic (exact) mass is 410 g/mol. The molecule has 0 heterocycles. The number of aliphatic hydroxyl groups excluding tert-OH is 1. The van der Waals surface area contributed by atoms with Crippen molar-refractivity contribution in [2.45, 2.75) is 6.10 Å². The van der Waals surface area contributed by atoms with E-state index in [1.165, 1.54) is 13.1 Å². The van der Waals surface area contributed by atoms with Crippen LogP contribution in [0.25, 0.3) is 0 Å². The molecule has 0 spiro atoms. The van der Waals surface area contributed by atoms with Gasteiger partial charge < -0.3 is 30.0 Å². The van der Waals surface area contributed by atoms with Gasteiger partial charge in [-0.15, -0.1) is 0 Å². The topological polar surface area (TPSA) is 89.1 Å². The molecule has 0 aromatic heterocycles. The first-order valence-electron chi connectivity index (χ1n) is 9.01. The fourth-order valence-corrected chi connectivity index (χ4v) is 2.22. The molecular weight excluding hydrogens is 386 g/mol. The van der Waals surface area contributed by atoms with Crippen LogP contribution in [-0.2, 0) is 4.79 Å². The number of hydrogen-bond donors (Lipinski definition) is 3. The Morgan fingerprint density at radius 1 is 1.03 bits per heavy atom. The first-order chi connectivity index (χ1) is 14.0. The molecule has 0 bridgehead atoms. The summed E-state index contributed by atoms with van der Waals surface area (Å²) in [6, 6.07) is 10.2. The molecule has 2 rings (SSSR count). The van der Waals surface area contributed by atoms with E-state index in [-0.39, 0.29) is 25.7 Å². The van der Waals surface area contributed by atoms with Crippen LogP contribution in [0.15, 0.2) is 42.5 Å². The molecule has 1 atom stereocenters. The van der Waals surface area contributed by atoms with E-state index in [1.54, 1.807) is 24.3 Å². The minimum Gasteiger partial charge on any atom is -0.492 e. The van der Waals surface area contributed by atoms with Crippen molar-refractivity contribution >= 4 is 5.91 Å². The van der Waals surface area contributed by atoms with Crippen molar-refractivity contribution in [3.05, 3.63) is 54.1 Å². The van der Waals surface area contributed by atoms with Gasteiger partial charge in [0.15, 0.2) is 24.0 Å². The molecule has 0 saturated heterocycles. The van der Waals surface area contributed by atoms with Crippen molar-refractivity contribution in [1.82, 2.24) is 10.6 Å². The SMILES string of the molecule is CNC(=O)COc1ccc(OCCNCC(O)COc2c(F)cccc2F)cc1. The van der Waals surface area contributed by atoms with Crippen LogP contribution in [0.2, 0.25) is 0 Å². The molecule has 2 aromatic rings. The van der Waals surface area contributed by atoms with Gasteiger partial charge in [0.05, 0.1) is 0 Å². The molecule has 0 fully saturated rings. The molecular formula is C20H24F2N2O5. The molecule has 0 saturated carbocycles. The van der Waals surface area contributed by atoms with E-state index in [4.69, 9.17) is 14.2 Å². The van der Waals surface area contributed by atoms with Crippen LogP contribution in [0.1, 0.15) is 0 Å². The number of likely N-dealkylation sites (N-methyl/N-ethyl adjacent to an activating group) is 1. The quantitative estimate of drug-likeness (QED) is 0.460.